The third-order valence-corrected chi connectivity index (χ3v) is 16.6. The molecule has 0 radical (unpaired) electrons. The van der Waals surface area contributed by atoms with E-state index in [9.17, 15) is 19.4 Å². The highest BCUT2D eigenvalue weighted by Gasteiger charge is 2.23. The largest absolute Gasteiger partial charge is 0.756 e. The molecular weight excluding hydrogens is 1020 g/mol. The molecule has 0 rings (SSSR count). The molecular formula is C72H135N2O6P. The Morgan fingerprint density at radius 3 is 1.15 bits per heavy atom. The quantitative estimate of drug-likeness (QED) is 0.0272. The minimum Gasteiger partial charge on any atom is -0.756 e. The van der Waals surface area contributed by atoms with Gasteiger partial charge < -0.3 is 28.8 Å². The predicted molar refractivity (Wildman–Crippen MR) is 353 cm³/mol. The lowest BCUT2D eigenvalue weighted by atomic mass is 10.0. The fourth-order valence-corrected chi connectivity index (χ4v) is 11.0. The number of quaternary nitrogens is 1. The molecule has 0 saturated carbocycles. The number of amides is 1. The van der Waals surface area contributed by atoms with Gasteiger partial charge in [0, 0.05) is 6.42 Å². The fraction of sp³-hybridized carbons (Fsp3) is 0.819. The van der Waals surface area contributed by atoms with E-state index >= 15 is 0 Å². The van der Waals surface area contributed by atoms with E-state index in [1.165, 1.54) is 244 Å². The van der Waals surface area contributed by atoms with Crippen LogP contribution in [-0.2, 0) is 18.4 Å². The first-order chi connectivity index (χ1) is 39.5. The van der Waals surface area contributed by atoms with Gasteiger partial charge in [-0.05, 0) is 70.6 Å². The number of nitrogens with zero attached hydrogens (tertiary/aromatic N) is 1. The monoisotopic (exact) mass is 1160 g/mol. The first-order valence-electron chi connectivity index (χ1n) is 34.8. The normalized spacial score (nSPS) is 14.1. The van der Waals surface area contributed by atoms with Crippen LogP contribution in [0.1, 0.15) is 328 Å². The molecule has 0 aliphatic rings. The molecule has 3 unspecified atom stereocenters. The van der Waals surface area contributed by atoms with E-state index < -0.39 is 26.6 Å². The molecule has 0 aromatic rings. The highest BCUT2D eigenvalue weighted by atomic mass is 31.2. The Labute approximate surface area is 504 Å². The van der Waals surface area contributed by atoms with E-state index in [1.54, 1.807) is 6.08 Å². The molecule has 9 heteroatoms. The standard InChI is InChI=1S/C72H135N2O6P/c1-6-8-10-12-14-16-18-20-22-24-26-28-30-32-34-36-37-38-40-42-44-46-48-50-52-54-56-58-60-62-64-66-72(76)73-70(69-80-81(77,78)79-68-67-74(3,4)5)71(75)65-63-61-59-57-55-53-51-49-47-45-43-41-39-35-33-31-29-27-25-23-21-19-17-15-13-11-9-7-2/h8,10,14,16,20,22,26,28,55,57,63,65,70-71,75H,6-7,9,11-13,15,17-19,21,23-25,27,29-54,56,58-62,64,66-69H2,1-5H3,(H-,73,76,77,78)/b10-8-,16-14-,22-20-,28-26-,57-55+,65-63+. The van der Waals surface area contributed by atoms with E-state index in [0.717, 1.165) is 64.2 Å². The van der Waals surface area contributed by atoms with Crippen molar-refractivity contribution < 1.29 is 32.9 Å². The molecule has 2 N–H and O–H groups in total. The van der Waals surface area contributed by atoms with Crippen LogP contribution in [0.2, 0.25) is 0 Å². The zero-order valence-electron chi connectivity index (χ0n) is 54.2. The van der Waals surface area contributed by atoms with Gasteiger partial charge in [0.15, 0.2) is 0 Å². The van der Waals surface area contributed by atoms with E-state index in [-0.39, 0.29) is 12.5 Å². The van der Waals surface area contributed by atoms with Crippen molar-refractivity contribution >= 4 is 13.7 Å². The van der Waals surface area contributed by atoms with Gasteiger partial charge in [-0.25, -0.2) is 0 Å². The second-order valence-electron chi connectivity index (χ2n) is 24.8. The van der Waals surface area contributed by atoms with E-state index in [1.807, 2.05) is 27.2 Å². The molecule has 0 spiro atoms. The Balaban J connectivity index is 4.09. The van der Waals surface area contributed by atoms with Gasteiger partial charge in [-0.2, -0.15) is 0 Å². The molecule has 0 aliphatic heterocycles. The van der Waals surface area contributed by atoms with Crippen LogP contribution in [0, 0.1) is 0 Å². The van der Waals surface area contributed by atoms with Gasteiger partial charge in [0.25, 0.3) is 7.82 Å². The molecule has 1 amide bonds. The maximum absolute atomic E-state index is 13.0. The second kappa shape index (κ2) is 62.5. The van der Waals surface area contributed by atoms with Crippen LogP contribution in [0.5, 0.6) is 0 Å². The molecule has 0 bridgehead atoms. The van der Waals surface area contributed by atoms with Crippen molar-refractivity contribution in [2.24, 2.45) is 0 Å². The van der Waals surface area contributed by atoms with Crippen LogP contribution < -0.4 is 10.2 Å². The van der Waals surface area contributed by atoms with Gasteiger partial charge in [-0.1, -0.05) is 324 Å². The zero-order chi connectivity index (χ0) is 59.1. The summed E-state index contributed by atoms with van der Waals surface area (Å²) in [4.78, 5) is 25.6. The van der Waals surface area contributed by atoms with Gasteiger partial charge in [0.2, 0.25) is 5.91 Å². The lowest BCUT2D eigenvalue weighted by molar-refractivity contribution is -0.870. The van der Waals surface area contributed by atoms with Gasteiger partial charge in [0.1, 0.15) is 13.2 Å². The molecule has 0 heterocycles. The summed E-state index contributed by atoms with van der Waals surface area (Å²) in [5.74, 6) is -0.203. The Kier molecular flexibility index (Phi) is 60.9. The lowest BCUT2D eigenvalue weighted by Gasteiger charge is -2.29. The Morgan fingerprint density at radius 1 is 0.444 bits per heavy atom. The van der Waals surface area contributed by atoms with Gasteiger partial charge in [-0.15, -0.1) is 0 Å². The number of hydrogen-bond acceptors (Lipinski definition) is 6. The Bertz CT molecular complexity index is 1550. The van der Waals surface area contributed by atoms with Crippen molar-refractivity contribution in [3.63, 3.8) is 0 Å². The summed E-state index contributed by atoms with van der Waals surface area (Å²) in [7, 11) is 1.25. The predicted octanol–water partition coefficient (Wildman–Crippen LogP) is 21.5. The summed E-state index contributed by atoms with van der Waals surface area (Å²) >= 11 is 0. The number of aliphatic hydroxyl groups excluding tert-OH is 1. The average molecular weight is 1160 g/mol. The second-order valence-corrected chi connectivity index (χ2v) is 26.3. The number of carbonyl (C=O) groups is 1. The van der Waals surface area contributed by atoms with Crippen molar-refractivity contribution in [3.8, 4) is 0 Å². The molecule has 81 heavy (non-hydrogen) atoms. The van der Waals surface area contributed by atoms with Gasteiger partial charge >= 0.3 is 0 Å². The first-order valence-corrected chi connectivity index (χ1v) is 36.3. The van der Waals surface area contributed by atoms with Crippen molar-refractivity contribution in [1.82, 2.24) is 5.32 Å². The van der Waals surface area contributed by atoms with Crippen LogP contribution in [0.3, 0.4) is 0 Å². The molecule has 8 nitrogen and oxygen atoms in total. The third-order valence-electron chi connectivity index (χ3n) is 15.7. The van der Waals surface area contributed by atoms with Crippen LogP contribution in [0.25, 0.3) is 0 Å². The minimum absolute atomic E-state index is 0.00693. The summed E-state index contributed by atoms with van der Waals surface area (Å²) in [5.41, 5.74) is 0. The summed E-state index contributed by atoms with van der Waals surface area (Å²) in [5, 5.41) is 13.9. The number of phosphoric ester groups is 1. The Morgan fingerprint density at radius 2 is 0.765 bits per heavy atom. The summed E-state index contributed by atoms with van der Waals surface area (Å²) in [6.45, 7) is 4.56. The fourth-order valence-electron chi connectivity index (χ4n) is 10.3. The maximum atomic E-state index is 13.0. The minimum atomic E-state index is -4.61. The number of unbranched alkanes of at least 4 members (excludes halogenated alkanes) is 41. The number of likely N-dealkylation sites (N-methyl/N-ethyl adjacent to an activating group) is 1. The van der Waals surface area contributed by atoms with Crippen molar-refractivity contribution in [1.29, 1.82) is 0 Å². The average Bonchev–Trinajstić information content (AvgIpc) is 3.43. The number of carbonyl (C=O) groups excluding carboxylic acids is 1. The third kappa shape index (κ3) is 65.3. The van der Waals surface area contributed by atoms with Gasteiger partial charge in [-0.3, -0.25) is 9.36 Å². The maximum Gasteiger partial charge on any atom is 0.268 e. The van der Waals surface area contributed by atoms with E-state index in [0.29, 0.717) is 17.4 Å². The van der Waals surface area contributed by atoms with Crippen LogP contribution in [-0.4, -0.2) is 68.5 Å². The SMILES string of the molecule is CC/C=C\C/C=C\C/C=C\C/C=C\CCCCCCCCCCCCCCCCCCCCC(=O)NC(COP(=O)([O-])OCC[N+](C)(C)C)C(O)/C=C/CC/C=C/CCCCCCCCCCCCCCCCCCCCCCCC. The molecule has 474 valence electrons. The van der Waals surface area contributed by atoms with Crippen LogP contribution in [0.4, 0.5) is 0 Å². The zero-order valence-corrected chi connectivity index (χ0v) is 55.1. The highest BCUT2D eigenvalue weighted by Crippen LogP contribution is 2.38. The number of rotatable bonds is 64. The molecule has 0 aromatic carbocycles. The summed E-state index contributed by atoms with van der Waals surface area (Å²) in [6.07, 6.45) is 87.4. The van der Waals surface area contributed by atoms with Crippen molar-refractivity contribution in [3.05, 3.63) is 72.9 Å². The molecule has 0 saturated heterocycles. The van der Waals surface area contributed by atoms with Crippen molar-refractivity contribution in [2.45, 2.75) is 341 Å². The van der Waals surface area contributed by atoms with Gasteiger partial charge in [0.05, 0.1) is 39.9 Å². The smallest absolute Gasteiger partial charge is 0.268 e. The van der Waals surface area contributed by atoms with Crippen LogP contribution >= 0.6 is 7.82 Å². The molecule has 0 aliphatic carbocycles. The number of aliphatic hydroxyl groups is 1. The van der Waals surface area contributed by atoms with E-state index in [4.69, 9.17) is 9.05 Å². The number of nitrogens with one attached hydrogen (secondary N) is 1. The van der Waals surface area contributed by atoms with Crippen molar-refractivity contribution in [2.75, 3.05) is 40.9 Å². The molecule has 0 aromatic heterocycles. The molecule has 3 atom stereocenters. The van der Waals surface area contributed by atoms with Crippen LogP contribution in [0.15, 0.2) is 72.9 Å². The number of allylic oxidation sites excluding steroid dienone is 11. The highest BCUT2D eigenvalue weighted by molar-refractivity contribution is 7.45. The molecule has 0 fully saturated rings. The Hall–Kier alpha value is -2.06. The van der Waals surface area contributed by atoms with E-state index in [2.05, 4.69) is 79.9 Å². The first kappa shape index (κ1) is 78.9. The summed E-state index contributed by atoms with van der Waals surface area (Å²) < 4.78 is 23.4. The lowest BCUT2D eigenvalue weighted by Crippen LogP contribution is -2.45. The number of hydrogen-bond donors (Lipinski definition) is 2. The summed E-state index contributed by atoms with van der Waals surface area (Å²) in [6, 6.07) is -0.907. The number of phosphoric acid groups is 1. The topological polar surface area (TPSA) is 108 Å².